The van der Waals surface area contributed by atoms with Crippen LogP contribution in [0, 0.1) is 0 Å². The Morgan fingerprint density at radius 3 is 3.12 bits per heavy atom. The molecule has 0 amide bonds. The van der Waals surface area contributed by atoms with E-state index in [1.165, 1.54) is 0 Å². The molecule has 0 aromatic heterocycles. The van der Waals surface area contributed by atoms with Crippen LogP contribution in [-0.4, -0.2) is 25.5 Å². The lowest BCUT2D eigenvalue weighted by Gasteiger charge is -1.99. The molecule has 1 fully saturated rings. The SMILES string of the molecule is O=[C]CC1CNCN1. The molecule has 0 aromatic carbocycles. The molecule has 1 saturated heterocycles. The normalized spacial score (nSPS) is 28.2. The van der Waals surface area contributed by atoms with Gasteiger partial charge in [-0.1, -0.05) is 0 Å². The summed E-state index contributed by atoms with van der Waals surface area (Å²) in [7, 11) is 0. The van der Waals surface area contributed by atoms with E-state index in [0.29, 0.717) is 12.5 Å². The van der Waals surface area contributed by atoms with Crippen LogP contribution in [-0.2, 0) is 4.79 Å². The highest BCUT2D eigenvalue weighted by atomic mass is 16.1. The minimum absolute atomic E-state index is 0.326. The molecular formula is C5H9N2O. The summed E-state index contributed by atoms with van der Waals surface area (Å²) in [6.07, 6.45) is 2.36. The topological polar surface area (TPSA) is 41.1 Å². The Bertz CT molecular complexity index is 78.5. The van der Waals surface area contributed by atoms with E-state index in [9.17, 15) is 4.79 Å². The first-order valence-corrected chi connectivity index (χ1v) is 2.72. The molecule has 45 valence electrons. The van der Waals surface area contributed by atoms with Crippen molar-refractivity contribution in [2.75, 3.05) is 13.2 Å². The molecule has 0 spiro atoms. The number of rotatable bonds is 2. The molecule has 3 nitrogen and oxygen atoms in total. The van der Waals surface area contributed by atoms with Gasteiger partial charge in [0, 0.05) is 25.7 Å². The summed E-state index contributed by atoms with van der Waals surface area (Å²) >= 11 is 0. The monoisotopic (exact) mass is 113 g/mol. The van der Waals surface area contributed by atoms with E-state index < -0.39 is 0 Å². The number of hydrogen-bond acceptors (Lipinski definition) is 3. The molecule has 3 heteroatoms. The second-order valence-corrected chi connectivity index (χ2v) is 1.88. The molecule has 1 aliphatic heterocycles. The maximum atomic E-state index is 9.77. The van der Waals surface area contributed by atoms with Gasteiger partial charge in [0.25, 0.3) is 0 Å². The van der Waals surface area contributed by atoms with E-state index in [-0.39, 0.29) is 0 Å². The first kappa shape index (κ1) is 5.72. The molecule has 0 saturated carbocycles. The van der Waals surface area contributed by atoms with Gasteiger partial charge in [0.15, 0.2) is 6.29 Å². The van der Waals surface area contributed by atoms with Crippen molar-refractivity contribution in [1.82, 2.24) is 10.6 Å². The van der Waals surface area contributed by atoms with Gasteiger partial charge in [0.05, 0.1) is 0 Å². The molecule has 0 aromatic rings. The van der Waals surface area contributed by atoms with Gasteiger partial charge in [-0.2, -0.15) is 0 Å². The summed E-state index contributed by atoms with van der Waals surface area (Å²) in [5.41, 5.74) is 0. The number of carbonyl (C=O) groups excluding carboxylic acids is 1. The zero-order valence-electron chi connectivity index (χ0n) is 4.61. The van der Waals surface area contributed by atoms with Crippen molar-refractivity contribution in [2.24, 2.45) is 0 Å². The second kappa shape index (κ2) is 2.79. The maximum absolute atomic E-state index is 9.77. The Labute approximate surface area is 48.5 Å². The third kappa shape index (κ3) is 1.28. The van der Waals surface area contributed by atoms with E-state index in [1.807, 2.05) is 6.29 Å². The average molecular weight is 113 g/mol. The predicted octanol–water partition coefficient (Wildman–Crippen LogP) is -0.995. The van der Waals surface area contributed by atoms with Gasteiger partial charge in [0.2, 0.25) is 0 Å². The highest BCUT2D eigenvalue weighted by Gasteiger charge is 2.11. The summed E-state index contributed by atoms with van der Waals surface area (Å²) in [6.45, 7) is 1.72. The second-order valence-electron chi connectivity index (χ2n) is 1.88. The largest absolute Gasteiger partial charge is 0.303 e. The maximum Gasteiger partial charge on any atom is 0.200 e. The molecule has 1 radical (unpaired) electrons. The molecule has 0 aliphatic carbocycles. The quantitative estimate of drug-likeness (QED) is 0.483. The smallest absolute Gasteiger partial charge is 0.200 e. The fraction of sp³-hybridized carbons (Fsp3) is 0.800. The molecule has 1 rings (SSSR count). The van der Waals surface area contributed by atoms with Crippen LogP contribution in [0.4, 0.5) is 0 Å². The van der Waals surface area contributed by atoms with Crippen molar-refractivity contribution in [3.63, 3.8) is 0 Å². The minimum Gasteiger partial charge on any atom is -0.303 e. The Morgan fingerprint density at radius 2 is 2.62 bits per heavy atom. The van der Waals surface area contributed by atoms with Crippen molar-refractivity contribution in [1.29, 1.82) is 0 Å². The standard InChI is InChI=1S/C5H9N2O/c8-2-1-5-3-6-4-7-5/h5-7H,1,3-4H2. The van der Waals surface area contributed by atoms with Crippen LogP contribution in [0.3, 0.4) is 0 Å². The van der Waals surface area contributed by atoms with Crippen molar-refractivity contribution in [2.45, 2.75) is 12.5 Å². The summed E-state index contributed by atoms with van der Waals surface area (Å²) in [6, 6.07) is 0.326. The predicted molar refractivity (Wildman–Crippen MR) is 30.1 cm³/mol. The fourth-order valence-corrected chi connectivity index (χ4v) is 0.780. The molecule has 1 heterocycles. The Hall–Kier alpha value is -0.410. The zero-order valence-corrected chi connectivity index (χ0v) is 4.61. The lowest BCUT2D eigenvalue weighted by molar-refractivity contribution is 0.535. The van der Waals surface area contributed by atoms with Crippen molar-refractivity contribution < 1.29 is 4.79 Å². The summed E-state index contributed by atoms with van der Waals surface area (Å²) in [5.74, 6) is 0. The molecule has 1 unspecified atom stereocenters. The summed E-state index contributed by atoms with van der Waals surface area (Å²) < 4.78 is 0. The van der Waals surface area contributed by atoms with E-state index in [2.05, 4.69) is 10.6 Å². The Morgan fingerprint density at radius 1 is 1.75 bits per heavy atom. The summed E-state index contributed by atoms with van der Waals surface area (Å²) in [4.78, 5) is 9.77. The van der Waals surface area contributed by atoms with Gasteiger partial charge in [-0.15, -0.1) is 0 Å². The van der Waals surface area contributed by atoms with Crippen LogP contribution in [0.1, 0.15) is 6.42 Å². The summed E-state index contributed by atoms with van der Waals surface area (Å²) in [5, 5.41) is 6.15. The molecule has 8 heavy (non-hydrogen) atoms. The third-order valence-electron chi connectivity index (χ3n) is 1.24. The highest BCUT2D eigenvalue weighted by Crippen LogP contribution is 1.89. The first-order chi connectivity index (χ1) is 3.93. The van der Waals surface area contributed by atoms with Crippen LogP contribution in [0.2, 0.25) is 0 Å². The van der Waals surface area contributed by atoms with E-state index in [1.54, 1.807) is 0 Å². The first-order valence-electron chi connectivity index (χ1n) is 2.72. The molecule has 0 bridgehead atoms. The minimum atomic E-state index is 0.326. The third-order valence-corrected chi connectivity index (χ3v) is 1.24. The van der Waals surface area contributed by atoms with E-state index in [0.717, 1.165) is 13.2 Å². The van der Waals surface area contributed by atoms with Crippen LogP contribution >= 0.6 is 0 Å². The van der Waals surface area contributed by atoms with Crippen LogP contribution < -0.4 is 10.6 Å². The number of nitrogens with one attached hydrogen (secondary N) is 2. The van der Waals surface area contributed by atoms with Crippen molar-refractivity contribution in [3.8, 4) is 0 Å². The average Bonchev–Trinajstić information content (AvgIpc) is 2.19. The molecule has 1 atom stereocenters. The number of hydrogen-bond donors (Lipinski definition) is 2. The van der Waals surface area contributed by atoms with Gasteiger partial charge < -0.3 is 5.32 Å². The van der Waals surface area contributed by atoms with Gasteiger partial charge in [-0.25, -0.2) is 0 Å². The molecular weight excluding hydrogens is 104 g/mol. The van der Waals surface area contributed by atoms with Gasteiger partial charge in [0.1, 0.15) is 0 Å². The van der Waals surface area contributed by atoms with Crippen LogP contribution in [0.25, 0.3) is 0 Å². The highest BCUT2D eigenvalue weighted by molar-refractivity contribution is 5.51. The van der Waals surface area contributed by atoms with Gasteiger partial charge in [-0.05, 0) is 0 Å². The van der Waals surface area contributed by atoms with Crippen molar-refractivity contribution in [3.05, 3.63) is 0 Å². The van der Waals surface area contributed by atoms with E-state index >= 15 is 0 Å². The zero-order chi connectivity index (χ0) is 5.82. The van der Waals surface area contributed by atoms with Gasteiger partial charge >= 0.3 is 0 Å². The van der Waals surface area contributed by atoms with Crippen LogP contribution in [0.5, 0.6) is 0 Å². The lowest BCUT2D eigenvalue weighted by Crippen LogP contribution is -2.23. The Kier molecular flexibility index (Phi) is 2.00. The van der Waals surface area contributed by atoms with Crippen LogP contribution in [0.15, 0.2) is 0 Å². The Balaban J connectivity index is 2.14. The molecule has 1 aliphatic rings. The van der Waals surface area contributed by atoms with Gasteiger partial charge in [-0.3, -0.25) is 10.1 Å². The van der Waals surface area contributed by atoms with E-state index in [4.69, 9.17) is 0 Å². The van der Waals surface area contributed by atoms with Crippen molar-refractivity contribution >= 4 is 6.29 Å². The fourth-order valence-electron chi connectivity index (χ4n) is 0.780. The molecule has 2 N–H and O–H groups in total. The lowest BCUT2D eigenvalue weighted by atomic mass is 10.2.